The summed E-state index contributed by atoms with van der Waals surface area (Å²) in [7, 11) is -4.81. The van der Waals surface area contributed by atoms with Gasteiger partial charge in [0, 0.05) is 25.7 Å². The summed E-state index contributed by atoms with van der Waals surface area (Å²) in [5.74, 6) is 2.26. The Hall–Kier alpha value is -3.62. The standard InChI is InChI=1S/C54H78O10P2/c1-19-59-65(55,60-20-2)63-49-39-23-35-27-43(51(5,6)7)29-37(47(35)57-17)25-41-33-46(54(14,15)16)34-42(50(41)64-66(56,61-21-3)62-22-4)26-38-30-44(52(8,9)10)28-36(48(38)58-18)24-40(49)32-45(31-39)53(11,12)13/h27-34H,19-26H2,1-18H3. The molecule has 0 fully saturated rings. The normalized spacial score (nSPS) is 14.0. The molecule has 4 aromatic rings. The fraction of sp³-hybridized carbons (Fsp3) is 0.556. The molecular formula is C54H78O10P2. The Labute approximate surface area is 397 Å². The first-order valence-corrected chi connectivity index (χ1v) is 26.4. The monoisotopic (exact) mass is 949 g/mol. The molecule has 0 heterocycles. The number of phosphoric acid groups is 2. The molecule has 0 amide bonds. The highest BCUT2D eigenvalue weighted by atomic mass is 31.2. The fourth-order valence-corrected chi connectivity index (χ4v) is 11.0. The lowest BCUT2D eigenvalue weighted by Gasteiger charge is -2.29. The fourth-order valence-electron chi connectivity index (χ4n) is 8.42. The van der Waals surface area contributed by atoms with E-state index in [-0.39, 0.29) is 48.1 Å². The molecule has 0 atom stereocenters. The maximum Gasteiger partial charge on any atom is 0.530 e. The van der Waals surface area contributed by atoms with Crippen LogP contribution in [0.15, 0.2) is 48.5 Å². The van der Waals surface area contributed by atoms with Crippen LogP contribution in [0.3, 0.4) is 0 Å². The second-order valence-electron chi connectivity index (χ2n) is 21.4. The number of ether oxygens (including phenoxy) is 2. The molecule has 0 aromatic heterocycles. The second kappa shape index (κ2) is 20.5. The van der Waals surface area contributed by atoms with Crippen LogP contribution in [-0.2, 0) is 74.6 Å². The molecule has 5 rings (SSSR count). The number of phosphoric ester groups is 2. The van der Waals surface area contributed by atoms with E-state index < -0.39 is 15.6 Å². The molecule has 10 nitrogen and oxygen atoms in total. The largest absolute Gasteiger partial charge is 0.530 e. The van der Waals surface area contributed by atoms with Gasteiger partial charge in [-0.25, -0.2) is 9.13 Å². The van der Waals surface area contributed by atoms with Crippen molar-refractivity contribution in [2.45, 2.75) is 158 Å². The number of fused-ring (bicyclic) bond motifs is 8. The van der Waals surface area contributed by atoms with Gasteiger partial charge in [-0.1, -0.05) is 132 Å². The Bertz CT molecular complexity index is 2170. The van der Waals surface area contributed by atoms with E-state index in [1.54, 1.807) is 41.9 Å². The van der Waals surface area contributed by atoms with E-state index in [9.17, 15) is 9.13 Å². The predicted octanol–water partition coefficient (Wildman–Crippen LogP) is 14.7. The van der Waals surface area contributed by atoms with Gasteiger partial charge in [-0.2, -0.15) is 0 Å². The first-order valence-electron chi connectivity index (χ1n) is 23.5. The maximum atomic E-state index is 14.6. The number of rotatable bonds is 14. The van der Waals surface area contributed by atoms with Gasteiger partial charge in [0.2, 0.25) is 0 Å². The Morgan fingerprint density at radius 3 is 0.697 bits per heavy atom. The van der Waals surface area contributed by atoms with E-state index in [0.29, 0.717) is 48.7 Å². The zero-order chi connectivity index (χ0) is 49.2. The Balaban J connectivity index is 2.06. The van der Waals surface area contributed by atoms with Gasteiger partial charge in [0.15, 0.2) is 0 Å². The smallest absolute Gasteiger partial charge is 0.496 e. The average molecular weight is 949 g/mol. The topological polar surface area (TPSA) is 108 Å². The summed E-state index contributed by atoms with van der Waals surface area (Å²) in [6.07, 6.45) is 1.43. The SMILES string of the molecule is CCOP(=O)(OCC)Oc1c2cc(C(C)(C)C)cc1Cc1cc(C(C)(C)C)cc(c1OC)Cc1cc(C(C)(C)C)cc(c1OP(=O)(OCC)OCC)Cc1cc(C(C)(C)C)cc(c1OC)C2. The van der Waals surface area contributed by atoms with Crippen LogP contribution in [0.4, 0.5) is 0 Å². The highest BCUT2D eigenvalue weighted by Gasteiger charge is 2.35. The molecule has 0 N–H and O–H groups in total. The third-order valence-electron chi connectivity index (χ3n) is 11.9. The molecule has 1 aliphatic carbocycles. The van der Waals surface area contributed by atoms with Crippen LogP contribution < -0.4 is 18.5 Å². The van der Waals surface area contributed by atoms with Crippen LogP contribution in [0.5, 0.6) is 23.0 Å². The summed E-state index contributed by atoms with van der Waals surface area (Å²) in [6, 6.07) is 17.5. The molecular weight excluding hydrogens is 871 g/mol. The summed E-state index contributed by atoms with van der Waals surface area (Å²) in [6.45, 7) is 34.0. The van der Waals surface area contributed by atoms with Crippen LogP contribution in [0.25, 0.3) is 0 Å². The lowest BCUT2D eigenvalue weighted by Crippen LogP contribution is -2.17. The van der Waals surface area contributed by atoms with E-state index in [0.717, 1.165) is 66.8 Å². The van der Waals surface area contributed by atoms with Gasteiger partial charge >= 0.3 is 15.6 Å². The van der Waals surface area contributed by atoms with Gasteiger partial charge in [0.1, 0.15) is 23.0 Å². The first-order chi connectivity index (χ1) is 30.6. The highest BCUT2D eigenvalue weighted by molar-refractivity contribution is 7.49. The third-order valence-corrected chi connectivity index (χ3v) is 15.0. The number of benzene rings is 4. The second-order valence-corrected chi connectivity index (χ2v) is 24.5. The van der Waals surface area contributed by atoms with Crippen molar-refractivity contribution in [3.63, 3.8) is 0 Å². The van der Waals surface area contributed by atoms with Crippen LogP contribution in [-0.4, -0.2) is 40.6 Å². The summed E-state index contributed by atoms with van der Waals surface area (Å²) >= 11 is 0. The van der Waals surface area contributed by atoms with Gasteiger partial charge in [0.25, 0.3) is 0 Å². The van der Waals surface area contributed by atoms with E-state index in [4.69, 9.17) is 36.6 Å². The van der Waals surface area contributed by atoms with E-state index in [2.05, 4.69) is 132 Å². The van der Waals surface area contributed by atoms with Crippen LogP contribution in [0.2, 0.25) is 0 Å². The van der Waals surface area contributed by atoms with Crippen molar-refractivity contribution in [3.05, 3.63) is 115 Å². The number of hydrogen-bond donors (Lipinski definition) is 0. The van der Waals surface area contributed by atoms with Crippen LogP contribution in [0, 0.1) is 0 Å². The maximum absolute atomic E-state index is 14.6. The average Bonchev–Trinajstić information content (AvgIpc) is 3.18. The predicted molar refractivity (Wildman–Crippen MR) is 268 cm³/mol. The number of methoxy groups -OCH3 is 2. The zero-order valence-corrected chi connectivity index (χ0v) is 45.0. The van der Waals surface area contributed by atoms with Gasteiger partial charge in [-0.05, 0) is 116 Å². The van der Waals surface area contributed by atoms with E-state index in [1.165, 1.54) is 0 Å². The molecule has 0 unspecified atom stereocenters. The Kier molecular flexibility index (Phi) is 16.6. The highest BCUT2D eigenvalue weighted by Crippen LogP contribution is 2.55. The van der Waals surface area contributed by atoms with Gasteiger partial charge < -0.3 is 18.5 Å². The lowest BCUT2D eigenvalue weighted by molar-refractivity contribution is 0.165. The molecule has 1 aliphatic rings. The molecule has 364 valence electrons. The van der Waals surface area contributed by atoms with Crippen molar-refractivity contribution in [2.75, 3.05) is 40.6 Å². The molecule has 0 spiro atoms. The van der Waals surface area contributed by atoms with Crippen molar-refractivity contribution < 1.29 is 45.7 Å². The van der Waals surface area contributed by atoms with Crippen molar-refractivity contribution in [1.82, 2.24) is 0 Å². The van der Waals surface area contributed by atoms with E-state index >= 15 is 0 Å². The minimum Gasteiger partial charge on any atom is -0.496 e. The van der Waals surface area contributed by atoms with Gasteiger partial charge in [0.05, 0.1) is 40.6 Å². The summed E-state index contributed by atoms with van der Waals surface area (Å²) in [4.78, 5) is 0. The summed E-state index contributed by atoms with van der Waals surface area (Å²) in [5.41, 5.74) is 10.1. The molecule has 8 bridgehead atoms. The van der Waals surface area contributed by atoms with Gasteiger partial charge in [-0.3, -0.25) is 18.1 Å². The third kappa shape index (κ3) is 12.5. The minimum absolute atomic E-state index is 0.130. The number of hydrogen-bond acceptors (Lipinski definition) is 10. The minimum atomic E-state index is -4.10. The quantitative estimate of drug-likeness (QED) is 0.0999. The molecule has 0 aliphatic heterocycles. The summed E-state index contributed by atoms with van der Waals surface area (Å²) < 4.78 is 78.8. The van der Waals surface area contributed by atoms with Gasteiger partial charge in [-0.15, -0.1) is 0 Å². The molecule has 0 radical (unpaired) electrons. The molecule has 0 saturated carbocycles. The lowest BCUT2D eigenvalue weighted by atomic mass is 9.79. The van der Waals surface area contributed by atoms with E-state index in [1.807, 2.05) is 0 Å². The van der Waals surface area contributed by atoms with Crippen molar-refractivity contribution in [2.24, 2.45) is 0 Å². The Morgan fingerprint density at radius 1 is 0.364 bits per heavy atom. The molecule has 4 aromatic carbocycles. The summed E-state index contributed by atoms with van der Waals surface area (Å²) in [5, 5.41) is 0. The molecule has 0 saturated heterocycles. The zero-order valence-electron chi connectivity index (χ0n) is 43.3. The van der Waals surface area contributed by atoms with Crippen LogP contribution >= 0.6 is 15.6 Å². The first kappa shape index (κ1) is 53.3. The molecule has 66 heavy (non-hydrogen) atoms. The van der Waals surface area contributed by atoms with Crippen molar-refractivity contribution >= 4 is 15.6 Å². The van der Waals surface area contributed by atoms with Crippen molar-refractivity contribution in [3.8, 4) is 23.0 Å². The van der Waals surface area contributed by atoms with Crippen LogP contribution in [0.1, 0.15) is 178 Å². The Morgan fingerprint density at radius 2 is 0.545 bits per heavy atom. The van der Waals surface area contributed by atoms with Crippen molar-refractivity contribution in [1.29, 1.82) is 0 Å². The molecule has 12 heteroatoms.